The van der Waals surface area contributed by atoms with Crippen molar-refractivity contribution in [1.82, 2.24) is 26.1 Å². The number of carbonyl (C=O) groups is 2. The van der Waals surface area contributed by atoms with Crippen LogP contribution in [0.5, 0.6) is 0 Å². The number of nitrogens with one attached hydrogen (secondary N) is 3. The predicted octanol–water partition coefficient (Wildman–Crippen LogP) is 2.08. The molecule has 1 atom stereocenters. The summed E-state index contributed by atoms with van der Waals surface area (Å²) in [6.45, 7) is 4.19. The number of rotatable bonds is 7. The molecule has 1 heterocycles. The van der Waals surface area contributed by atoms with E-state index in [-0.39, 0.29) is 19.0 Å². The Morgan fingerprint density at radius 3 is 2.64 bits per heavy atom. The highest BCUT2D eigenvalue weighted by molar-refractivity contribution is 6.33. The Labute approximate surface area is 150 Å². The monoisotopic (exact) mass is 365 g/mol. The van der Waals surface area contributed by atoms with E-state index in [1.807, 2.05) is 6.92 Å². The molecule has 3 N–H and O–H groups in total. The molecule has 0 aliphatic rings. The fourth-order valence-electron chi connectivity index (χ4n) is 1.99. The summed E-state index contributed by atoms with van der Waals surface area (Å²) in [6.07, 6.45) is 0.660. The molecule has 0 aliphatic heterocycles. The van der Waals surface area contributed by atoms with E-state index in [1.165, 1.54) is 0 Å². The average Bonchev–Trinajstić information content (AvgIpc) is 3.08. The first-order chi connectivity index (χ1) is 12.0. The van der Waals surface area contributed by atoms with Crippen LogP contribution in [0.2, 0.25) is 5.02 Å². The highest BCUT2D eigenvalue weighted by Gasteiger charge is 2.16. The molecule has 25 heavy (non-hydrogen) atoms. The van der Waals surface area contributed by atoms with Crippen LogP contribution in [0.3, 0.4) is 0 Å². The van der Waals surface area contributed by atoms with E-state index in [2.05, 4.69) is 26.1 Å². The number of carbonyl (C=O) groups excluding carboxylic acids is 2. The second kappa shape index (κ2) is 9.03. The molecule has 1 unspecified atom stereocenters. The minimum Gasteiger partial charge on any atom is -0.350 e. The normalized spacial score (nSPS) is 11.6. The third-order valence-electron chi connectivity index (χ3n) is 3.33. The summed E-state index contributed by atoms with van der Waals surface area (Å²) in [6, 6.07) is 5.95. The van der Waals surface area contributed by atoms with Crippen molar-refractivity contribution < 1.29 is 14.1 Å². The van der Waals surface area contributed by atoms with Gasteiger partial charge in [0.1, 0.15) is 6.04 Å². The Kier molecular flexibility index (Phi) is 6.76. The first kappa shape index (κ1) is 18.7. The molecule has 2 aromatic rings. The first-order valence-corrected chi connectivity index (χ1v) is 8.28. The summed E-state index contributed by atoms with van der Waals surface area (Å²) in [5, 5.41) is 12.2. The smallest absolute Gasteiger partial charge is 0.315 e. The van der Waals surface area contributed by atoms with Crippen LogP contribution in [0.1, 0.15) is 42.0 Å². The van der Waals surface area contributed by atoms with Gasteiger partial charge in [0.2, 0.25) is 5.89 Å². The van der Waals surface area contributed by atoms with Crippen LogP contribution in [0, 0.1) is 0 Å². The van der Waals surface area contributed by atoms with E-state index >= 15 is 0 Å². The van der Waals surface area contributed by atoms with E-state index in [9.17, 15) is 9.59 Å². The lowest BCUT2D eigenvalue weighted by molar-refractivity contribution is 0.0954. The van der Waals surface area contributed by atoms with Gasteiger partial charge in [-0.3, -0.25) is 4.79 Å². The number of urea groups is 1. The molecule has 0 radical (unpaired) electrons. The van der Waals surface area contributed by atoms with Gasteiger partial charge in [-0.25, -0.2) is 4.79 Å². The van der Waals surface area contributed by atoms with E-state index in [0.717, 1.165) is 0 Å². The van der Waals surface area contributed by atoms with Crippen molar-refractivity contribution in [3.63, 3.8) is 0 Å². The molecule has 0 saturated heterocycles. The minimum atomic E-state index is -0.412. The van der Waals surface area contributed by atoms with Crippen LogP contribution in [-0.4, -0.2) is 35.2 Å². The van der Waals surface area contributed by atoms with Crippen molar-refractivity contribution >= 4 is 23.5 Å². The zero-order valence-electron chi connectivity index (χ0n) is 14.0. The Morgan fingerprint density at radius 1 is 1.24 bits per heavy atom. The van der Waals surface area contributed by atoms with Gasteiger partial charge in [-0.05, 0) is 19.1 Å². The zero-order valence-corrected chi connectivity index (χ0v) is 14.8. The van der Waals surface area contributed by atoms with Gasteiger partial charge in [-0.15, -0.1) is 0 Å². The van der Waals surface area contributed by atoms with Crippen LogP contribution in [0.4, 0.5) is 4.79 Å². The molecule has 2 rings (SSSR count). The maximum atomic E-state index is 12.0. The molecule has 0 fully saturated rings. The van der Waals surface area contributed by atoms with Crippen LogP contribution in [0.25, 0.3) is 0 Å². The Bertz CT molecular complexity index is 734. The molecule has 9 heteroatoms. The molecule has 0 aliphatic carbocycles. The SMILES string of the molecule is CCc1noc(C(C)NC(=O)NCCNC(=O)c2ccccc2Cl)n1. The first-order valence-electron chi connectivity index (χ1n) is 7.90. The quantitative estimate of drug-likeness (QED) is 0.651. The number of hydrogen-bond donors (Lipinski definition) is 3. The predicted molar refractivity (Wildman–Crippen MR) is 92.4 cm³/mol. The van der Waals surface area contributed by atoms with Crippen molar-refractivity contribution in [1.29, 1.82) is 0 Å². The summed E-state index contributed by atoms with van der Waals surface area (Å²) in [5.74, 6) is 0.643. The van der Waals surface area contributed by atoms with Gasteiger partial charge in [-0.1, -0.05) is 35.8 Å². The molecular formula is C16H20ClN5O3. The fourth-order valence-corrected chi connectivity index (χ4v) is 2.21. The lowest BCUT2D eigenvalue weighted by Crippen LogP contribution is -2.41. The fraction of sp³-hybridized carbons (Fsp3) is 0.375. The molecule has 8 nitrogen and oxygen atoms in total. The maximum Gasteiger partial charge on any atom is 0.315 e. The second-order valence-corrected chi connectivity index (χ2v) is 5.67. The topological polar surface area (TPSA) is 109 Å². The van der Waals surface area contributed by atoms with Crippen molar-refractivity contribution in [3.05, 3.63) is 46.6 Å². The molecule has 1 aromatic heterocycles. The van der Waals surface area contributed by atoms with Crippen LogP contribution < -0.4 is 16.0 Å². The van der Waals surface area contributed by atoms with E-state index in [1.54, 1.807) is 31.2 Å². The molecule has 0 spiro atoms. The van der Waals surface area contributed by atoms with Gasteiger partial charge in [0, 0.05) is 19.5 Å². The zero-order chi connectivity index (χ0) is 18.2. The highest BCUT2D eigenvalue weighted by atomic mass is 35.5. The molecule has 0 bridgehead atoms. The number of halogens is 1. The number of aryl methyl sites for hydroxylation is 1. The van der Waals surface area contributed by atoms with Gasteiger partial charge >= 0.3 is 6.03 Å². The number of hydrogen-bond acceptors (Lipinski definition) is 5. The van der Waals surface area contributed by atoms with Gasteiger partial charge in [0.25, 0.3) is 5.91 Å². The van der Waals surface area contributed by atoms with Crippen molar-refractivity contribution in [3.8, 4) is 0 Å². The molecular weight excluding hydrogens is 346 g/mol. The summed E-state index contributed by atoms with van der Waals surface area (Å²) in [4.78, 5) is 27.9. The van der Waals surface area contributed by atoms with E-state index in [4.69, 9.17) is 16.1 Å². The van der Waals surface area contributed by atoms with E-state index < -0.39 is 12.1 Å². The van der Waals surface area contributed by atoms with Crippen LogP contribution in [-0.2, 0) is 6.42 Å². The van der Waals surface area contributed by atoms with E-state index in [0.29, 0.717) is 28.7 Å². The lowest BCUT2D eigenvalue weighted by atomic mass is 10.2. The van der Waals surface area contributed by atoms with Crippen LogP contribution >= 0.6 is 11.6 Å². The number of benzene rings is 1. The second-order valence-electron chi connectivity index (χ2n) is 5.26. The Morgan fingerprint density at radius 2 is 1.96 bits per heavy atom. The average molecular weight is 366 g/mol. The minimum absolute atomic E-state index is 0.263. The summed E-state index contributed by atoms with van der Waals surface area (Å²) in [7, 11) is 0. The van der Waals surface area contributed by atoms with Gasteiger partial charge < -0.3 is 20.5 Å². The third-order valence-corrected chi connectivity index (χ3v) is 3.66. The summed E-state index contributed by atoms with van der Waals surface area (Å²) in [5.41, 5.74) is 0.394. The molecule has 1 aromatic carbocycles. The van der Waals surface area contributed by atoms with Gasteiger partial charge in [0.05, 0.1) is 10.6 Å². The number of aromatic nitrogens is 2. The lowest BCUT2D eigenvalue weighted by Gasteiger charge is -2.11. The molecule has 0 saturated carbocycles. The maximum absolute atomic E-state index is 12.0. The third kappa shape index (κ3) is 5.46. The number of amides is 3. The van der Waals surface area contributed by atoms with Crippen molar-refractivity contribution in [2.45, 2.75) is 26.3 Å². The van der Waals surface area contributed by atoms with Crippen LogP contribution in [0.15, 0.2) is 28.8 Å². The highest BCUT2D eigenvalue weighted by Crippen LogP contribution is 2.14. The van der Waals surface area contributed by atoms with Gasteiger partial charge in [0.15, 0.2) is 5.82 Å². The summed E-state index contributed by atoms with van der Waals surface area (Å²) >= 11 is 5.95. The standard InChI is InChI=1S/C16H20ClN5O3/c1-3-13-21-15(25-22-13)10(2)20-16(24)19-9-8-18-14(23)11-6-4-5-7-12(11)17/h4-7,10H,3,8-9H2,1-2H3,(H,18,23)(H2,19,20,24). The summed E-state index contributed by atoms with van der Waals surface area (Å²) < 4.78 is 5.06. The van der Waals surface area contributed by atoms with Gasteiger partial charge in [-0.2, -0.15) is 4.98 Å². The van der Waals surface area contributed by atoms with Crippen molar-refractivity contribution in [2.75, 3.05) is 13.1 Å². The Hall–Kier alpha value is -2.61. The molecule has 134 valence electrons. The number of nitrogens with zero attached hydrogens (tertiary/aromatic N) is 2. The largest absolute Gasteiger partial charge is 0.350 e. The Balaban J connectivity index is 1.70. The van der Waals surface area contributed by atoms with Crippen molar-refractivity contribution in [2.24, 2.45) is 0 Å². The molecule has 3 amide bonds.